The molecule has 0 spiro atoms. The highest BCUT2D eigenvalue weighted by Gasteiger charge is 2.34. The molecule has 1 N–H and O–H groups in total. The Labute approximate surface area is 223 Å². The van der Waals surface area contributed by atoms with Gasteiger partial charge in [0.15, 0.2) is 5.75 Å². The largest absolute Gasteiger partial charge is 0.494 e. The van der Waals surface area contributed by atoms with E-state index in [2.05, 4.69) is 0 Å². The molecule has 8 nitrogen and oxygen atoms in total. The molecule has 2 aliphatic carbocycles. The van der Waals surface area contributed by atoms with Crippen LogP contribution in [0.15, 0.2) is 23.1 Å². The fourth-order valence-electron chi connectivity index (χ4n) is 5.17. The van der Waals surface area contributed by atoms with Crippen LogP contribution in [0.5, 0.6) is 5.75 Å². The summed E-state index contributed by atoms with van der Waals surface area (Å²) in [4.78, 5) is 40.8. The monoisotopic (exact) mass is 542 g/mol. The fraction of sp³-hybridized carbons (Fsp3) is 0.464. The van der Waals surface area contributed by atoms with Gasteiger partial charge in [0.1, 0.15) is 17.0 Å². The number of pyridine rings is 1. The fourth-order valence-corrected chi connectivity index (χ4v) is 6.60. The molecule has 10 heteroatoms. The molecule has 202 valence electrons. The van der Waals surface area contributed by atoms with E-state index in [0.717, 1.165) is 48.6 Å². The molecule has 1 unspecified atom stereocenters. The zero-order valence-corrected chi connectivity index (χ0v) is 22.9. The van der Waals surface area contributed by atoms with Gasteiger partial charge in [0.05, 0.1) is 29.6 Å². The van der Waals surface area contributed by atoms with Crippen molar-refractivity contribution in [1.82, 2.24) is 9.47 Å². The minimum absolute atomic E-state index is 0.0150. The lowest BCUT2D eigenvalue weighted by Gasteiger charge is -2.32. The van der Waals surface area contributed by atoms with Gasteiger partial charge in [-0.15, -0.1) is 11.3 Å². The normalized spacial score (nSPS) is 17.3. The molecule has 2 aromatic heterocycles. The molecule has 1 amide bonds. The number of carboxylic acids is 1. The number of thiophene rings is 1. The number of ether oxygens (including phenoxy) is 2. The second-order valence-corrected chi connectivity index (χ2v) is 12.1. The molecule has 1 atom stereocenters. The van der Waals surface area contributed by atoms with Gasteiger partial charge in [-0.25, -0.2) is 14.0 Å². The Morgan fingerprint density at radius 1 is 1.21 bits per heavy atom. The van der Waals surface area contributed by atoms with Gasteiger partial charge in [-0.2, -0.15) is 0 Å². The summed E-state index contributed by atoms with van der Waals surface area (Å²) in [6, 6.07) is 2.88. The van der Waals surface area contributed by atoms with E-state index in [4.69, 9.17) is 9.47 Å². The summed E-state index contributed by atoms with van der Waals surface area (Å²) in [7, 11) is 3.15. The van der Waals surface area contributed by atoms with E-state index in [1.54, 1.807) is 16.5 Å². The van der Waals surface area contributed by atoms with Crippen LogP contribution in [-0.4, -0.2) is 46.4 Å². The lowest BCUT2D eigenvalue weighted by atomic mass is 9.93. The number of nitrogens with zero attached hydrogens (tertiary/aromatic N) is 2. The van der Waals surface area contributed by atoms with Gasteiger partial charge in [0, 0.05) is 29.0 Å². The zero-order chi connectivity index (χ0) is 27.5. The van der Waals surface area contributed by atoms with Crippen LogP contribution in [-0.2, 0) is 11.2 Å². The Morgan fingerprint density at radius 3 is 2.53 bits per heavy atom. The van der Waals surface area contributed by atoms with Gasteiger partial charge < -0.3 is 24.0 Å². The van der Waals surface area contributed by atoms with Crippen molar-refractivity contribution in [2.75, 3.05) is 14.2 Å². The summed E-state index contributed by atoms with van der Waals surface area (Å²) < 4.78 is 28.9. The summed E-state index contributed by atoms with van der Waals surface area (Å²) in [6.45, 7) is 5.47. The predicted octanol–water partition coefficient (Wildman–Crippen LogP) is 6.16. The van der Waals surface area contributed by atoms with Crippen molar-refractivity contribution in [2.45, 2.75) is 70.6 Å². The molecule has 0 radical (unpaired) electrons. The zero-order valence-electron chi connectivity index (χ0n) is 22.1. The maximum absolute atomic E-state index is 15.8. The average molecular weight is 543 g/mol. The van der Waals surface area contributed by atoms with Crippen LogP contribution in [0.3, 0.4) is 0 Å². The van der Waals surface area contributed by atoms with Crippen LogP contribution in [0.4, 0.5) is 9.18 Å². The molecule has 0 bridgehead atoms. The van der Waals surface area contributed by atoms with Crippen molar-refractivity contribution in [2.24, 2.45) is 0 Å². The number of methoxy groups -OCH3 is 1. The number of carbonyl (C=O) groups is 2. The highest BCUT2D eigenvalue weighted by atomic mass is 32.1. The number of halogens is 1. The van der Waals surface area contributed by atoms with Crippen molar-refractivity contribution in [3.8, 4) is 16.2 Å². The van der Waals surface area contributed by atoms with E-state index in [-0.39, 0.29) is 28.8 Å². The maximum Gasteiger partial charge on any atom is 0.410 e. The molecular weight excluding hydrogens is 511 g/mol. The van der Waals surface area contributed by atoms with Gasteiger partial charge in [-0.05, 0) is 70.6 Å². The van der Waals surface area contributed by atoms with Gasteiger partial charge in [0.2, 0.25) is 5.43 Å². The van der Waals surface area contributed by atoms with Gasteiger partial charge in [-0.1, -0.05) is 0 Å². The molecule has 2 heterocycles. The Bertz CT molecular complexity index is 1510. The number of aryl methyl sites for hydroxylation is 1. The Hall–Kier alpha value is -3.40. The number of aromatic carboxylic acids is 1. The number of hydrogen-bond donors (Lipinski definition) is 1. The third kappa shape index (κ3) is 4.55. The Kier molecular flexibility index (Phi) is 6.49. The first-order valence-electron chi connectivity index (χ1n) is 12.7. The van der Waals surface area contributed by atoms with E-state index in [1.165, 1.54) is 24.6 Å². The van der Waals surface area contributed by atoms with Crippen LogP contribution >= 0.6 is 11.3 Å². The first kappa shape index (κ1) is 26.2. The summed E-state index contributed by atoms with van der Waals surface area (Å²) in [5.41, 5.74) is -0.0804. The van der Waals surface area contributed by atoms with Crippen LogP contribution < -0.4 is 10.2 Å². The van der Waals surface area contributed by atoms with E-state index < -0.39 is 34.5 Å². The summed E-state index contributed by atoms with van der Waals surface area (Å²) in [5, 5.41) is 9.56. The number of aromatic nitrogens is 1. The molecule has 1 saturated carbocycles. The highest BCUT2D eigenvalue weighted by Crippen LogP contribution is 2.48. The van der Waals surface area contributed by atoms with Crippen LogP contribution in [0, 0.1) is 5.82 Å². The number of rotatable bonds is 5. The number of fused-ring (bicyclic) bond motifs is 2. The van der Waals surface area contributed by atoms with E-state index in [9.17, 15) is 19.5 Å². The molecular formula is C28H31FN2O6S. The quantitative estimate of drug-likeness (QED) is 0.415. The minimum atomic E-state index is -1.35. The lowest BCUT2D eigenvalue weighted by Crippen LogP contribution is -2.37. The molecule has 5 rings (SSSR count). The molecule has 1 fully saturated rings. The van der Waals surface area contributed by atoms with Crippen molar-refractivity contribution in [3.63, 3.8) is 0 Å². The SMILES string of the molecule is COc1c(-c2cc3c(s2)C(N(C)C(=O)OC(C)(C)C)CCC3)c(F)cc2c(=O)c(C(=O)O)cn(C3CC3)c12. The Morgan fingerprint density at radius 2 is 1.92 bits per heavy atom. The standard InChI is InChI=1S/C28H31FN2O6S/c1-28(2,3)37-27(35)30(4)19-8-6-7-14-11-20(38-25(14)19)21-18(29)12-16-22(24(21)36-5)31(15-9-10-15)13-17(23(16)32)26(33)34/h11-13,15,19H,6-10H2,1-5H3,(H,33,34). The van der Waals surface area contributed by atoms with Crippen LogP contribution in [0.2, 0.25) is 0 Å². The maximum atomic E-state index is 15.8. The van der Waals surface area contributed by atoms with Crippen molar-refractivity contribution < 1.29 is 28.6 Å². The summed E-state index contributed by atoms with van der Waals surface area (Å²) in [5.74, 6) is -1.80. The smallest absolute Gasteiger partial charge is 0.410 e. The first-order chi connectivity index (χ1) is 17.9. The number of hydrogen-bond acceptors (Lipinski definition) is 6. The molecule has 3 aromatic rings. The highest BCUT2D eigenvalue weighted by molar-refractivity contribution is 7.15. The number of carbonyl (C=O) groups excluding carboxylic acids is 1. The van der Waals surface area contributed by atoms with E-state index in [1.807, 2.05) is 26.8 Å². The summed E-state index contributed by atoms with van der Waals surface area (Å²) >= 11 is 1.40. The number of benzene rings is 1. The van der Waals surface area contributed by atoms with Gasteiger partial charge >= 0.3 is 12.1 Å². The first-order valence-corrected chi connectivity index (χ1v) is 13.5. The topological polar surface area (TPSA) is 98.1 Å². The van der Waals surface area contributed by atoms with Crippen molar-refractivity contribution in [3.05, 3.63) is 50.4 Å². The van der Waals surface area contributed by atoms with E-state index in [0.29, 0.717) is 10.4 Å². The van der Waals surface area contributed by atoms with Gasteiger partial charge in [0.25, 0.3) is 0 Å². The molecule has 0 saturated heterocycles. The molecule has 38 heavy (non-hydrogen) atoms. The lowest BCUT2D eigenvalue weighted by molar-refractivity contribution is 0.0208. The average Bonchev–Trinajstić information content (AvgIpc) is 3.59. The number of amides is 1. The summed E-state index contributed by atoms with van der Waals surface area (Å²) in [6.07, 6.45) is 5.04. The third-order valence-corrected chi connectivity index (χ3v) is 8.36. The number of carboxylic acid groups (broad SMARTS) is 1. The molecule has 1 aromatic carbocycles. The van der Waals surface area contributed by atoms with E-state index >= 15 is 4.39 Å². The minimum Gasteiger partial charge on any atom is -0.494 e. The second-order valence-electron chi connectivity index (χ2n) is 11.0. The van der Waals surface area contributed by atoms with Gasteiger partial charge in [-0.3, -0.25) is 4.79 Å². The van der Waals surface area contributed by atoms with Crippen LogP contribution in [0.1, 0.15) is 79.3 Å². The third-order valence-electron chi connectivity index (χ3n) is 7.06. The molecule has 2 aliphatic rings. The molecule has 0 aliphatic heterocycles. The predicted molar refractivity (Wildman–Crippen MR) is 143 cm³/mol. The second kappa shape index (κ2) is 9.41. The van der Waals surface area contributed by atoms with Crippen molar-refractivity contribution >= 4 is 34.3 Å². The van der Waals surface area contributed by atoms with Crippen LogP contribution in [0.25, 0.3) is 21.3 Å². The Balaban J connectivity index is 1.66. The van der Waals surface area contributed by atoms with Crippen molar-refractivity contribution in [1.29, 1.82) is 0 Å².